The summed E-state index contributed by atoms with van der Waals surface area (Å²) in [5, 5.41) is 0.622. The Morgan fingerprint density at radius 2 is 2.31 bits per heavy atom. The summed E-state index contributed by atoms with van der Waals surface area (Å²) in [4.78, 5) is 4.07. The number of nitrogens with zero attached hydrogens (tertiary/aromatic N) is 1. The molecule has 0 aliphatic carbocycles. The number of halogens is 2. The molecule has 0 saturated heterocycles. The van der Waals surface area contributed by atoms with Gasteiger partial charge >= 0.3 is 0 Å². The Hall–Kier alpha value is -0.800. The molecule has 13 heavy (non-hydrogen) atoms. The van der Waals surface area contributed by atoms with Crippen LogP contribution in [0.1, 0.15) is 0 Å². The first-order valence-corrected chi connectivity index (χ1v) is 4.79. The van der Waals surface area contributed by atoms with Gasteiger partial charge in [-0.2, -0.15) is 0 Å². The first kappa shape index (κ1) is 8.78. The fraction of sp³-hybridized carbons (Fsp3) is 0. The van der Waals surface area contributed by atoms with Crippen molar-refractivity contribution in [2.24, 2.45) is 0 Å². The van der Waals surface area contributed by atoms with Gasteiger partial charge in [-0.1, -0.05) is 11.6 Å². The molecule has 0 spiro atoms. The van der Waals surface area contributed by atoms with E-state index in [1.165, 1.54) is 0 Å². The molecule has 2 rings (SSSR count). The molecule has 0 atom stereocenters. The number of hydrogen-bond acceptors (Lipinski definition) is 2. The van der Waals surface area contributed by atoms with E-state index in [-0.39, 0.29) is 0 Å². The van der Waals surface area contributed by atoms with Gasteiger partial charge in [0.15, 0.2) is 0 Å². The second-order valence-corrected chi connectivity index (χ2v) is 3.68. The standard InChI is InChI=1S/C9H5BrClNO/c10-9-4-7(11)6(5-12-9)8-2-1-3-13-8/h1-5H. The second kappa shape index (κ2) is 3.52. The zero-order valence-electron chi connectivity index (χ0n) is 6.50. The van der Waals surface area contributed by atoms with Gasteiger partial charge in [0.05, 0.1) is 16.8 Å². The van der Waals surface area contributed by atoms with Crippen LogP contribution in [0.3, 0.4) is 0 Å². The highest BCUT2D eigenvalue weighted by Crippen LogP contribution is 2.28. The SMILES string of the molecule is Clc1cc(Br)ncc1-c1ccco1. The maximum Gasteiger partial charge on any atom is 0.136 e. The highest BCUT2D eigenvalue weighted by Gasteiger charge is 2.06. The molecule has 0 aliphatic rings. The molecule has 0 radical (unpaired) electrons. The molecule has 0 fully saturated rings. The topological polar surface area (TPSA) is 26.0 Å². The predicted octanol–water partition coefficient (Wildman–Crippen LogP) is 3.76. The van der Waals surface area contributed by atoms with Crippen molar-refractivity contribution >= 4 is 27.5 Å². The Morgan fingerprint density at radius 3 is 2.92 bits per heavy atom. The zero-order valence-corrected chi connectivity index (χ0v) is 8.84. The highest BCUT2D eigenvalue weighted by atomic mass is 79.9. The Kier molecular flexibility index (Phi) is 2.38. The molecule has 0 aromatic carbocycles. The van der Waals surface area contributed by atoms with E-state index in [0.717, 1.165) is 11.3 Å². The molecule has 0 amide bonds. The average molecular weight is 259 g/mol. The van der Waals surface area contributed by atoms with Crippen molar-refractivity contribution in [2.45, 2.75) is 0 Å². The van der Waals surface area contributed by atoms with Crippen LogP contribution in [0.4, 0.5) is 0 Å². The maximum absolute atomic E-state index is 5.99. The van der Waals surface area contributed by atoms with Crippen molar-refractivity contribution in [1.29, 1.82) is 0 Å². The minimum Gasteiger partial charge on any atom is -0.464 e. The molecule has 4 heteroatoms. The van der Waals surface area contributed by atoms with Crippen LogP contribution < -0.4 is 0 Å². The number of furan rings is 1. The smallest absolute Gasteiger partial charge is 0.136 e. The van der Waals surface area contributed by atoms with Gasteiger partial charge in [0.2, 0.25) is 0 Å². The average Bonchev–Trinajstić information content (AvgIpc) is 2.56. The molecule has 2 heterocycles. The third-order valence-electron chi connectivity index (χ3n) is 1.61. The zero-order chi connectivity index (χ0) is 9.26. The molecule has 66 valence electrons. The lowest BCUT2D eigenvalue weighted by Crippen LogP contribution is -1.80. The molecule has 2 nitrogen and oxygen atoms in total. The second-order valence-electron chi connectivity index (χ2n) is 2.46. The van der Waals surface area contributed by atoms with Crippen LogP contribution >= 0.6 is 27.5 Å². The fourth-order valence-corrected chi connectivity index (χ4v) is 1.73. The van der Waals surface area contributed by atoms with Gasteiger partial charge in [-0.15, -0.1) is 0 Å². The number of aromatic nitrogens is 1. The summed E-state index contributed by atoms with van der Waals surface area (Å²) in [5.74, 6) is 0.727. The normalized spacial score (nSPS) is 10.3. The first-order chi connectivity index (χ1) is 6.27. The fourth-order valence-electron chi connectivity index (χ4n) is 1.02. The molecule has 2 aromatic rings. The Morgan fingerprint density at radius 1 is 1.46 bits per heavy atom. The maximum atomic E-state index is 5.99. The third kappa shape index (κ3) is 1.76. The van der Waals surface area contributed by atoms with Gasteiger partial charge in [0, 0.05) is 6.20 Å². The summed E-state index contributed by atoms with van der Waals surface area (Å²) in [6, 6.07) is 5.39. The van der Waals surface area contributed by atoms with Gasteiger partial charge in [0.25, 0.3) is 0 Å². The minimum absolute atomic E-state index is 0.622. The van der Waals surface area contributed by atoms with Crippen LogP contribution in [0.5, 0.6) is 0 Å². The molecule has 0 N–H and O–H groups in total. The Labute approximate surface area is 88.7 Å². The lowest BCUT2D eigenvalue weighted by Gasteiger charge is -1.99. The highest BCUT2D eigenvalue weighted by molar-refractivity contribution is 9.10. The monoisotopic (exact) mass is 257 g/mol. The van der Waals surface area contributed by atoms with Crippen LogP contribution in [0.25, 0.3) is 11.3 Å². The molecule has 2 aromatic heterocycles. The van der Waals surface area contributed by atoms with Crippen molar-refractivity contribution < 1.29 is 4.42 Å². The number of hydrogen-bond donors (Lipinski definition) is 0. The van der Waals surface area contributed by atoms with Gasteiger partial charge in [-0.25, -0.2) is 4.98 Å². The third-order valence-corrected chi connectivity index (χ3v) is 2.35. The van der Waals surface area contributed by atoms with Gasteiger partial charge in [-0.3, -0.25) is 0 Å². The van der Waals surface area contributed by atoms with Crippen LogP contribution in [0, 0.1) is 0 Å². The van der Waals surface area contributed by atoms with E-state index in [0.29, 0.717) is 9.63 Å². The van der Waals surface area contributed by atoms with Gasteiger partial charge in [0.1, 0.15) is 10.4 Å². The molecule has 0 unspecified atom stereocenters. The summed E-state index contributed by atoms with van der Waals surface area (Å²) in [6.07, 6.45) is 3.28. The van der Waals surface area contributed by atoms with Crippen LogP contribution in [-0.4, -0.2) is 4.98 Å². The molecule has 0 bridgehead atoms. The van der Waals surface area contributed by atoms with E-state index in [9.17, 15) is 0 Å². The lowest BCUT2D eigenvalue weighted by molar-refractivity contribution is 0.582. The number of rotatable bonds is 1. The van der Waals surface area contributed by atoms with Crippen molar-refractivity contribution in [3.05, 3.63) is 40.3 Å². The van der Waals surface area contributed by atoms with Crippen LogP contribution in [-0.2, 0) is 0 Å². The van der Waals surface area contributed by atoms with E-state index in [4.69, 9.17) is 16.0 Å². The van der Waals surface area contributed by atoms with Crippen molar-refractivity contribution in [2.75, 3.05) is 0 Å². The van der Waals surface area contributed by atoms with Crippen LogP contribution in [0.15, 0.2) is 39.7 Å². The van der Waals surface area contributed by atoms with Crippen molar-refractivity contribution in [3.63, 3.8) is 0 Å². The largest absolute Gasteiger partial charge is 0.464 e. The summed E-state index contributed by atoms with van der Waals surface area (Å²) in [6.45, 7) is 0. The van der Waals surface area contributed by atoms with Gasteiger partial charge in [-0.05, 0) is 34.1 Å². The van der Waals surface area contributed by atoms with E-state index in [1.54, 1.807) is 18.5 Å². The van der Waals surface area contributed by atoms with Crippen molar-refractivity contribution in [1.82, 2.24) is 4.98 Å². The van der Waals surface area contributed by atoms with E-state index in [1.807, 2.05) is 12.1 Å². The molecule has 0 aliphatic heterocycles. The Bertz CT molecular complexity index is 414. The first-order valence-electron chi connectivity index (χ1n) is 3.62. The molecular weight excluding hydrogens is 253 g/mol. The van der Waals surface area contributed by atoms with Crippen LogP contribution in [0.2, 0.25) is 5.02 Å². The quantitative estimate of drug-likeness (QED) is 0.728. The van der Waals surface area contributed by atoms with Crippen molar-refractivity contribution in [3.8, 4) is 11.3 Å². The molecular formula is C9H5BrClNO. The lowest BCUT2D eigenvalue weighted by atomic mass is 10.2. The Balaban J connectivity index is 2.53. The van der Waals surface area contributed by atoms with E-state index >= 15 is 0 Å². The molecule has 0 saturated carbocycles. The predicted molar refractivity (Wildman–Crippen MR) is 54.6 cm³/mol. The van der Waals surface area contributed by atoms with E-state index in [2.05, 4.69) is 20.9 Å². The summed E-state index contributed by atoms with van der Waals surface area (Å²) >= 11 is 9.22. The summed E-state index contributed by atoms with van der Waals surface area (Å²) in [5.41, 5.74) is 0.801. The summed E-state index contributed by atoms with van der Waals surface area (Å²) in [7, 11) is 0. The van der Waals surface area contributed by atoms with E-state index < -0.39 is 0 Å². The summed E-state index contributed by atoms with van der Waals surface area (Å²) < 4.78 is 5.92. The minimum atomic E-state index is 0.622. The number of pyridine rings is 1. The van der Waals surface area contributed by atoms with Gasteiger partial charge < -0.3 is 4.42 Å².